The number of hydrogen-bond acceptors (Lipinski definition) is 6. The number of nitrogens with zero attached hydrogens (tertiary/aromatic N) is 4. The Hall–Kier alpha value is -3.78. The monoisotopic (exact) mass is 484 g/mol. The Kier molecular flexibility index (Phi) is 5.66. The molecule has 3 heterocycles. The molecule has 2 aliphatic heterocycles. The summed E-state index contributed by atoms with van der Waals surface area (Å²) >= 11 is 1.43. The van der Waals surface area contributed by atoms with Gasteiger partial charge in [-0.1, -0.05) is 54.2 Å². The fourth-order valence-corrected chi connectivity index (χ4v) is 5.48. The zero-order chi connectivity index (χ0) is 23.8. The van der Waals surface area contributed by atoms with E-state index >= 15 is 0 Å². The van der Waals surface area contributed by atoms with Gasteiger partial charge in [-0.25, -0.2) is 0 Å². The van der Waals surface area contributed by atoms with E-state index in [1.807, 2.05) is 71.0 Å². The molecule has 0 saturated carbocycles. The van der Waals surface area contributed by atoms with E-state index < -0.39 is 0 Å². The second kappa shape index (κ2) is 9.11. The zero-order valence-electron chi connectivity index (χ0n) is 19.3. The highest BCUT2D eigenvalue weighted by Gasteiger charge is 2.28. The zero-order valence-corrected chi connectivity index (χ0v) is 20.1. The third-order valence-electron chi connectivity index (χ3n) is 6.35. The van der Waals surface area contributed by atoms with Gasteiger partial charge in [0.1, 0.15) is 0 Å². The number of benzene rings is 3. The topological polar surface area (TPSA) is 69.5 Å². The van der Waals surface area contributed by atoms with Crippen molar-refractivity contribution in [3.63, 3.8) is 0 Å². The lowest BCUT2D eigenvalue weighted by molar-refractivity contribution is -0.131. The molecule has 0 fully saturated rings. The average Bonchev–Trinajstić information content (AvgIpc) is 3.55. The number of fused-ring (bicyclic) bond motifs is 2. The van der Waals surface area contributed by atoms with E-state index in [2.05, 4.69) is 28.4 Å². The van der Waals surface area contributed by atoms with E-state index in [0.29, 0.717) is 23.3 Å². The number of carbonyl (C=O) groups excluding carboxylic acids is 1. The molecule has 2 aliphatic rings. The summed E-state index contributed by atoms with van der Waals surface area (Å²) in [6.45, 7) is 3.53. The lowest BCUT2D eigenvalue weighted by atomic mass is 10.00. The molecule has 0 aliphatic carbocycles. The fraction of sp³-hybridized carbons (Fsp3) is 0.222. The third kappa shape index (κ3) is 4.14. The van der Waals surface area contributed by atoms with Crippen molar-refractivity contribution in [3.8, 4) is 28.6 Å². The molecule has 1 aromatic heterocycles. The predicted molar refractivity (Wildman–Crippen MR) is 134 cm³/mol. The van der Waals surface area contributed by atoms with Crippen molar-refractivity contribution in [2.75, 3.05) is 13.3 Å². The largest absolute Gasteiger partial charge is 0.454 e. The smallest absolute Gasteiger partial charge is 0.236 e. The van der Waals surface area contributed by atoms with E-state index in [4.69, 9.17) is 9.47 Å². The summed E-state index contributed by atoms with van der Waals surface area (Å²) in [7, 11) is 0. The Morgan fingerprint density at radius 3 is 2.57 bits per heavy atom. The van der Waals surface area contributed by atoms with E-state index in [9.17, 15) is 4.79 Å². The van der Waals surface area contributed by atoms with Gasteiger partial charge in [0, 0.05) is 24.3 Å². The van der Waals surface area contributed by atoms with Crippen molar-refractivity contribution >= 4 is 17.7 Å². The summed E-state index contributed by atoms with van der Waals surface area (Å²) in [5.74, 6) is 2.20. The van der Waals surface area contributed by atoms with Crippen molar-refractivity contribution in [1.82, 2.24) is 19.7 Å². The van der Waals surface area contributed by atoms with E-state index in [-0.39, 0.29) is 18.0 Å². The van der Waals surface area contributed by atoms with Gasteiger partial charge < -0.3 is 14.4 Å². The summed E-state index contributed by atoms with van der Waals surface area (Å²) in [5.41, 5.74) is 4.35. The number of amides is 1. The molecule has 0 N–H and O–H groups in total. The number of hydrogen-bond donors (Lipinski definition) is 0. The molecular weight excluding hydrogens is 460 g/mol. The number of thioether (sulfide) groups is 1. The molecule has 0 bridgehead atoms. The van der Waals surface area contributed by atoms with Crippen molar-refractivity contribution in [3.05, 3.63) is 83.9 Å². The second-order valence-corrected chi connectivity index (χ2v) is 9.89. The van der Waals surface area contributed by atoms with Crippen LogP contribution in [-0.4, -0.2) is 44.2 Å². The molecule has 3 aromatic carbocycles. The number of para-hydroxylation sites is 1. The molecule has 8 heteroatoms. The lowest BCUT2D eigenvalue weighted by Crippen LogP contribution is -2.40. The Bertz CT molecular complexity index is 1390. The first-order valence-corrected chi connectivity index (χ1v) is 12.5. The van der Waals surface area contributed by atoms with Crippen LogP contribution in [0, 0.1) is 0 Å². The first-order valence-electron chi connectivity index (χ1n) is 11.6. The minimum absolute atomic E-state index is 0.108. The Balaban J connectivity index is 1.29. The van der Waals surface area contributed by atoms with E-state index in [0.717, 1.165) is 30.0 Å². The summed E-state index contributed by atoms with van der Waals surface area (Å²) in [4.78, 5) is 15.3. The maximum atomic E-state index is 13.4. The standard InChI is InChI=1S/C27H24N4O3S/c1-18(26(32)30-14-13-19-7-5-6-8-21(19)16-30)35-27-29-28-25(31(27)22-9-3-2-4-10-22)20-11-12-23-24(15-20)34-17-33-23/h2-12,15,18H,13-14,16-17H2,1H3/t18-/m0/s1. The number of ether oxygens (including phenoxy) is 2. The van der Waals surface area contributed by atoms with Crippen LogP contribution < -0.4 is 9.47 Å². The van der Waals surface area contributed by atoms with Gasteiger partial charge in [-0.15, -0.1) is 10.2 Å². The maximum Gasteiger partial charge on any atom is 0.236 e. The molecule has 0 unspecified atom stereocenters. The van der Waals surface area contributed by atoms with Gasteiger partial charge in [-0.05, 0) is 54.8 Å². The Morgan fingerprint density at radius 2 is 1.71 bits per heavy atom. The second-order valence-electron chi connectivity index (χ2n) is 8.58. The van der Waals surface area contributed by atoms with Gasteiger partial charge in [0.25, 0.3) is 0 Å². The number of rotatable bonds is 5. The molecule has 176 valence electrons. The quantitative estimate of drug-likeness (QED) is 0.382. The summed E-state index contributed by atoms with van der Waals surface area (Å²) in [6.07, 6.45) is 0.883. The van der Waals surface area contributed by atoms with Crippen LogP contribution in [0.25, 0.3) is 17.1 Å². The van der Waals surface area contributed by atoms with Gasteiger partial charge >= 0.3 is 0 Å². The Labute approximate surface area is 207 Å². The van der Waals surface area contributed by atoms with Crippen LogP contribution in [0.2, 0.25) is 0 Å². The summed E-state index contributed by atoms with van der Waals surface area (Å²) in [6, 6.07) is 24.1. The maximum absolute atomic E-state index is 13.4. The van der Waals surface area contributed by atoms with Crippen LogP contribution in [0.15, 0.2) is 78.0 Å². The molecule has 7 nitrogen and oxygen atoms in total. The first-order chi connectivity index (χ1) is 17.2. The van der Waals surface area contributed by atoms with Crippen LogP contribution in [0.4, 0.5) is 0 Å². The molecule has 6 rings (SSSR count). The van der Waals surface area contributed by atoms with E-state index in [1.54, 1.807) is 0 Å². The van der Waals surface area contributed by atoms with Gasteiger partial charge in [0.2, 0.25) is 12.7 Å². The molecule has 35 heavy (non-hydrogen) atoms. The van der Waals surface area contributed by atoms with Crippen LogP contribution >= 0.6 is 11.8 Å². The summed E-state index contributed by atoms with van der Waals surface area (Å²) in [5, 5.41) is 9.37. The fourth-order valence-electron chi connectivity index (χ4n) is 4.53. The van der Waals surface area contributed by atoms with Crippen molar-refractivity contribution in [2.45, 2.75) is 30.3 Å². The van der Waals surface area contributed by atoms with Gasteiger partial charge in [-0.3, -0.25) is 9.36 Å². The molecule has 0 saturated heterocycles. The molecule has 0 spiro atoms. The number of carbonyl (C=O) groups is 1. The highest BCUT2D eigenvalue weighted by Crippen LogP contribution is 2.37. The Morgan fingerprint density at radius 1 is 0.943 bits per heavy atom. The van der Waals surface area contributed by atoms with Crippen LogP contribution in [0.1, 0.15) is 18.1 Å². The van der Waals surface area contributed by atoms with Crippen molar-refractivity contribution in [1.29, 1.82) is 0 Å². The molecule has 1 amide bonds. The average molecular weight is 485 g/mol. The highest BCUT2D eigenvalue weighted by atomic mass is 32.2. The van der Waals surface area contributed by atoms with Crippen LogP contribution in [0.5, 0.6) is 11.5 Å². The summed E-state index contributed by atoms with van der Waals surface area (Å²) < 4.78 is 13.0. The molecule has 1 atom stereocenters. The van der Waals surface area contributed by atoms with Gasteiger partial charge in [-0.2, -0.15) is 0 Å². The number of aromatic nitrogens is 3. The third-order valence-corrected chi connectivity index (χ3v) is 7.38. The highest BCUT2D eigenvalue weighted by molar-refractivity contribution is 8.00. The minimum atomic E-state index is -0.309. The lowest BCUT2D eigenvalue weighted by Gasteiger charge is -2.30. The van der Waals surface area contributed by atoms with Crippen molar-refractivity contribution < 1.29 is 14.3 Å². The van der Waals surface area contributed by atoms with E-state index in [1.165, 1.54) is 22.9 Å². The van der Waals surface area contributed by atoms with Crippen molar-refractivity contribution in [2.24, 2.45) is 0 Å². The van der Waals surface area contributed by atoms with Crippen LogP contribution in [0.3, 0.4) is 0 Å². The normalized spacial score (nSPS) is 15.1. The van der Waals surface area contributed by atoms with Gasteiger partial charge in [0.15, 0.2) is 22.5 Å². The molecule has 0 radical (unpaired) electrons. The first kappa shape index (κ1) is 21.7. The predicted octanol–water partition coefficient (Wildman–Crippen LogP) is 4.73. The minimum Gasteiger partial charge on any atom is -0.454 e. The SMILES string of the molecule is C[C@H](Sc1nnc(-c2ccc3c(c2)OCO3)n1-c1ccccc1)C(=O)N1CCc2ccccc2C1. The van der Waals surface area contributed by atoms with Gasteiger partial charge in [0.05, 0.1) is 5.25 Å². The molecular formula is C27H24N4O3S. The van der Waals surface area contributed by atoms with Crippen LogP contribution in [-0.2, 0) is 17.8 Å². The molecule has 4 aromatic rings.